The molecule has 0 unspecified atom stereocenters. The molecule has 0 fully saturated rings. The largest absolute Gasteiger partial charge is 0.368 e. The summed E-state index contributed by atoms with van der Waals surface area (Å²) in [5, 5.41) is 17.7. The summed E-state index contributed by atoms with van der Waals surface area (Å²) in [6, 6.07) is 21.8. The van der Waals surface area contributed by atoms with Gasteiger partial charge in [-0.05, 0) is 76.1 Å². The van der Waals surface area contributed by atoms with Crippen LogP contribution in [0, 0.1) is 41.5 Å². The van der Waals surface area contributed by atoms with Crippen LogP contribution in [-0.4, -0.2) is 27.9 Å². The topological polar surface area (TPSA) is 65.2 Å². The Morgan fingerprint density at radius 3 is 1.24 bits per heavy atom. The number of hydrogen-bond donors (Lipinski definition) is 2. The van der Waals surface area contributed by atoms with Crippen molar-refractivity contribution >= 4 is 33.6 Å². The van der Waals surface area contributed by atoms with Crippen molar-refractivity contribution in [1.29, 1.82) is 0 Å². The van der Waals surface area contributed by atoms with E-state index in [1.807, 2.05) is 0 Å². The summed E-state index contributed by atoms with van der Waals surface area (Å²) in [6.07, 6.45) is -1.17. The van der Waals surface area contributed by atoms with Crippen LogP contribution in [0.1, 0.15) is 51.4 Å². The van der Waals surface area contributed by atoms with Gasteiger partial charge in [-0.15, -0.1) is 0 Å². The molecule has 0 aliphatic heterocycles. The fraction of sp³-hybridized carbons (Fsp3) is 0.250. The van der Waals surface area contributed by atoms with Gasteiger partial charge in [-0.2, -0.15) is 0 Å². The van der Waals surface area contributed by atoms with Crippen LogP contribution in [0.15, 0.2) is 70.6 Å². The molecular weight excluding hydrogens is 503 g/mol. The quantitative estimate of drug-likeness (QED) is 0.209. The fourth-order valence-corrected chi connectivity index (χ4v) is 5.14. The Balaban J connectivity index is 0.000000711. The van der Waals surface area contributed by atoms with E-state index >= 15 is 0 Å². The van der Waals surface area contributed by atoms with E-state index in [9.17, 15) is 0 Å². The Bertz CT molecular complexity index is 1380. The van der Waals surface area contributed by atoms with Gasteiger partial charge in [0, 0.05) is 33.0 Å². The number of aliphatic hydroxyl groups excluding tert-OH is 1. The minimum Gasteiger partial charge on any atom is -0.368 e. The predicted octanol–water partition coefficient (Wildman–Crippen LogP) is 7.26. The molecule has 0 atom stereocenters. The zero-order chi connectivity index (χ0) is 26.1. The maximum Gasteiger partial charge on any atom is 0.148 e. The molecule has 4 aromatic carbocycles. The van der Waals surface area contributed by atoms with Crippen LogP contribution in [0.4, 0.5) is 11.4 Å². The Morgan fingerprint density at radius 1 is 0.595 bits per heavy atom. The molecule has 1 aliphatic carbocycles. The summed E-state index contributed by atoms with van der Waals surface area (Å²) >= 11 is 0. The third-order valence-corrected chi connectivity index (χ3v) is 6.36. The summed E-state index contributed by atoms with van der Waals surface area (Å²) in [5.74, 6) is 0. The minimum atomic E-state index is -1.17. The molecular formula is C32H34N2NiO2. The second kappa shape index (κ2) is 11.5. The Kier molecular flexibility index (Phi) is 8.86. The van der Waals surface area contributed by atoms with Gasteiger partial charge in [-0.25, -0.2) is 9.98 Å². The first-order valence-electron chi connectivity index (χ1n) is 12.3. The summed E-state index contributed by atoms with van der Waals surface area (Å²) in [5.41, 5.74) is 13.7. The number of aliphatic hydroxyl groups is 2. The average molecular weight is 537 g/mol. The number of benzene rings is 4. The van der Waals surface area contributed by atoms with Crippen molar-refractivity contribution in [3.63, 3.8) is 0 Å². The number of hydrogen-bond acceptors (Lipinski definition) is 4. The van der Waals surface area contributed by atoms with Gasteiger partial charge >= 0.3 is 0 Å². The van der Waals surface area contributed by atoms with Crippen molar-refractivity contribution in [2.75, 3.05) is 0 Å². The van der Waals surface area contributed by atoms with Gasteiger partial charge in [0.1, 0.15) is 6.29 Å². The maximum atomic E-state index is 7.61. The first-order chi connectivity index (χ1) is 17.1. The van der Waals surface area contributed by atoms with Crippen molar-refractivity contribution in [3.05, 3.63) is 105 Å². The van der Waals surface area contributed by atoms with Gasteiger partial charge in [0.05, 0.1) is 22.8 Å². The van der Waals surface area contributed by atoms with Gasteiger partial charge in [0.25, 0.3) is 0 Å². The van der Waals surface area contributed by atoms with Crippen LogP contribution in [0.3, 0.4) is 0 Å². The molecule has 2 N–H and O–H groups in total. The van der Waals surface area contributed by atoms with Crippen LogP contribution < -0.4 is 0 Å². The molecule has 0 spiro atoms. The van der Waals surface area contributed by atoms with Gasteiger partial charge in [0.15, 0.2) is 0 Å². The Hall–Kier alpha value is -3.11. The standard InChI is InChI=1S/C30H28N2.C2H6O2.Ni/c1-17-13-19(3)27(20(4)14-17)31-29-24-11-7-9-23-10-8-12-25(26(23)24)30(29)32-28-21(5)15-18(2)16-22(28)6;1-2(3)4;/h7-16H,1-6H3;2-4H,1H3;. The summed E-state index contributed by atoms with van der Waals surface area (Å²) in [4.78, 5) is 10.6. The van der Waals surface area contributed by atoms with E-state index in [1.54, 1.807) is 0 Å². The third-order valence-electron chi connectivity index (χ3n) is 6.36. The zero-order valence-electron chi connectivity index (χ0n) is 22.5. The Labute approximate surface area is 229 Å². The molecule has 4 aromatic rings. The molecule has 0 saturated carbocycles. The number of aryl methyl sites for hydroxylation is 6. The molecule has 1 aliphatic rings. The smallest absolute Gasteiger partial charge is 0.148 e. The second-order valence-electron chi connectivity index (χ2n) is 9.76. The van der Waals surface area contributed by atoms with E-state index in [-0.39, 0.29) is 16.5 Å². The van der Waals surface area contributed by atoms with Crippen LogP contribution >= 0.6 is 0 Å². The van der Waals surface area contributed by atoms with Crippen LogP contribution in [0.2, 0.25) is 0 Å². The summed E-state index contributed by atoms with van der Waals surface area (Å²) in [7, 11) is 0. The molecule has 5 rings (SSSR count). The summed E-state index contributed by atoms with van der Waals surface area (Å²) < 4.78 is 0. The van der Waals surface area contributed by atoms with E-state index < -0.39 is 6.29 Å². The molecule has 0 bridgehead atoms. The van der Waals surface area contributed by atoms with Gasteiger partial charge in [0.2, 0.25) is 0 Å². The molecule has 0 radical (unpaired) electrons. The molecule has 37 heavy (non-hydrogen) atoms. The van der Waals surface area contributed by atoms with Crippen molar-refractivity contribution in [3.8, 4) is 0 Å². The van der Waals surface area contributed by atoms with E-state index in [4.69, 9.17) is 20.2 Å². The normalized spacial score (nSPS) is 14.2. The Morgan fingerprint density at radius 2 is 0.919 bits per heavy atom. The third kappa shape index (κ3) is 5.91. The zero-order valence-corrected chi connectivity index (χ0v) is 23.4. The summed E-state index contributed by atoms with van der Waals surface area (Å²) in [6.45, 7) is 14.1. The van der Waals surface area contributed by atoms with E-state index in [0.717, 1.165) is 22.8 Å². The average Bonchev–Trinajstić information content (AvgIpc) is 3.07. The van der Waals surface area contributed by atoms with Crippen LogP contribution in [0.25, 0.3) is 10.8 Å². The molecule has 0 heterocycles. The van der Waals surface area contributed by atoms with Crippen LogP contribution in [-0.2, 0) is 16.5 Å². The maximum absolute atomic E-state index is 7.61. The van der Waals surface area contributed by atoms with Crippen molar-refractivity contribution in [1.82, 2.24) is 0 Å². The second-order valence-corrected chi connectivity index (χ2v) is 9.76. The first kappa shape index (κ1) is 28.5. The van der Waals surface area contributed by atoms with E-state index in [1.165, 1.54) is 62.2 Å². The molecule has 5 heteroatoms. The van der Waals surface area contributed by atoms with E-state index in [2.05, 4.69) is 102 Å². The molecule has 0 aromatic heterocycles. The molecule has 194 valence electrons. The number of rotatable bonds is 2. The van der Waals surface area contributed by atoms with Crippen molar-refractivity contribution < 1.29 is 26.7 Å². The van der Waals surface area contributed by atoms with Gasteiger partial charge in [-0.3, -0.25) is 0 Å². The number of aliphatic imine (C=N–C) groups is 2. The fourth-order valence-electron chi connectivity index (χ4n) is 5.14. The predicted molar refractivity (Wildman–Crippen MR) is 152 cm³/mol. The van der Waals surface area contributed by atoms with Gasteiger partial charge in [-0.1, -0.05) is 71.8 Å². The van der Waals surface area contributed by atoms with Crippen molar-refractivity contribution in [2.24, 2.45) is 9.98 Å². The van der Waals surface area contributed by atoms with Gasteiger partial charge < -0.3 is 10.2 Å². The van der Waals surface area contributed by atoms with Crippen molar-refractivity contribution in [2.45, 2.75) is 54.8 Å². The molecule has 4 nitrogen and oxygen atoms in total. The monoisotopic (exact) mass is 536 g/mol. The van der Waals surface area contributed by atoms with E-state index in [0.29, 0.717) is 0 Å². The minimum absolute atomic E-state index is 0. The molecule has 0 amide bonds. The SMILES string of the molecule is CC(O)O.Cc1cc(C)c(N=C2C(=Nc3c(C)cc(C)cc3C)c3cccc4cccc2c34)c(C)c1.[Ni]. The number of nitrogens with zero attached hydrogens (tertiary/aromatic N) is 2. The van der Waals surface area contributed by atoms with Crippen LogP contribution in [0.5, 0.6) is 0 Å². The first-order valence-corrected chi connectivity index (χ1v) is 12.3. The molecule has 0 saturated heterocycles.